The van der Waals surface area contributed by atoms with Gasteiger partial charge in [0.2, 0.25) is 5.91 Å². The lowest BCUT2D eigenvalue weighted by Gasteiger charge is -2.23. The summed E-state index contributed by atoms with van der Waals surface area (Å²) in [6.45, 7) is 8.72. The molecule has 100 valence electrons. The zero-order chi connectivity index (χ0) is 13.5. The first kappa shape index (κ1) is 15.7. The van der Waals surface area contributed by atoms with Crippen LogP contribution in [0.2, 0.25) is 0 Å². The minimum atomic E-state index is -0.386. The molecule has 0 bridgehead atoms. The molecular weight excluding hydrogens is 220 g/mol. The van der Waals surface area contributed by atoms with Crippen molar-refractivity contribution in [3.8, 4) is 0 Å². The number of nitrogens with one attached hydrogen (secondary N) is 2. The summed E-state index contributed by atoms with van der Waals surface area (Å²) in [5.41, 5.74) is 5.18. The normalized spacial score (nSPS) is 14.5. The number of oxime groups is 1. The van der Waals surface area contributed by atoms with Crippen LogP contribution in [0.4, 0.5) is 0 Å². The van der Waals surface area contributed by atoms with Gasteiger partial charge in [0, 0.05) is 12.0 Å². The molecule has 0 spiro atoms. The van der Waals surface area contributed by atoms with Gasteiger partial charge in [-0.15, -0.1) is 0 Å². The van der Waals surface area contributed by atoms with Crippen LogP contribution in [0.1, 0.15) is 34.1 Å². The number of amidine groups is 1. The second-order valence-electron chi connectivity index (χ2n) is 4.69. The van der Waals surface area contributed by atoms with E-state index in [4.69, 9.17) is 10.9 Å². The van der Waals surface area contributed by atoms with Crippen molar-refractivity contribution in [2.75, 3.05) is 13.1 Å². The molecule has 0 saturated heterocycles. The van der Waals surface area contributed by atoms with Gasteiger partial charge in [-0.1, -0.05) is 19.0 Å². The second kappa shape index (κ2) is 7.11. The van der Waals surface area contributed by atoms with Crippen LogP contribution in [0.15, 0.2) is 5.16 Å². The van der Waals surface area contributed by atoms with Crippen molar-refractivity contribution in [2.24, 2.45) is 16.3 Å². The third kappa shape index (κ3) is 5.53. The maximum atomic E-state index is 11.4. The Bertz CT molecular complexity index is 277. The van der Waals surface area contributed by atoms with Gasteiger partial charge in [-0.05, 0) is 26.8 Å². The standard InChI is InChI=1S/C11H24N4O2/c1-5-13-9(16)8(2)14-7-6-11(3,4)10(12)15-17/h8,14,17H,5-7H2,1-4H3,(H2,12,15)(H,13,16). The number of hydrogen-bond acceptors (Lipinski definition) is 4. The number of likely N-dealkylation sites (N-methyl/N-ethyl adjacent to an activating group) is 1. The van der Waals surface area contributed by atoms with Crippen molar-refractivity contribution >= 4 is 11.7 Å². The Balaban J connectivity index is 4.03. The van der Waals surface area contributed by atoms with Crippen LogP contribution in [0.5, 0.6) is 0 Å². The van der Waals surface area contributed by atoms with E-state index < -0.39 is 0 Å². The summed E-state index contributed by atoms with van der Waals surface area (Å²) in [6, 6.07) is -0.238. The van der Waals surface area contributed by atoms with Gasteiger partial charge in [0.15, 0.2) is 0 Å². The van der Waals surface area contributed by atoms with E-state index in [1.807, 2.05) is 27.7 Å². The predicted molar refractivity (Wildman–Crippen MR) is 68.0 cm³/mol. The molecule has 0 fully saturated rings. The number of rotatable bonds is 7. The van der Waals surface area contributed by atoms with Gasteiger partial charge >= 0.3 is 0 Å². The number of hydrogen-bond donors (Lipinski definition) is 4. The Morgan fingerprint density at radius 1 is 1.53 bits per heavy atom. The van der Waals surface area contributed by atoms with Gasteiger partial charge in [-0.25, -0.2) is 0 Å². The number of carbonyl (C=O) groups excluding carboxylic acids is 1. The molecule has 0 aliphatic carbocycles. The zero-order valence-electron chi connectivity index (χ0n) is 11.1. The smallest absolute Gasteiger partial charge is 0.236 e. The van der Waals surface area contributed by atoms with E-state index in [2.05, 4.69) is 15.8 Å². The first-order valence-electron chi connectivity index (χ1n) is 5.84. The van der Waals surface area contributed by atoms with Crippen LogP contribution in [-0.2, 0) is 4.79 Å². The Kier molecular flexibility index (Phi) is 6.57. The minimum Gasteiger partial charge on any atom is -0.409 e. The highest BCUT2D eigenvalue weighted by Gasteiger charge is 2.23. The molecule has 1 amide bonds. The lowest BCUT2D eigenvalue weighted by atomic mass is 9.88. The number of amides is 1. The summed E-state index contributed by atoms with van der Waals surface area (Å²) >= 11 is 0. The van der Waals surface area contributed by atoms with Crippen LogP contribution in [0.25, 0.3) is 0 Å². The van der Waals surface area contributed by atoms with Gasteiger partial charge in [-0.2, -0.15) is 0 Å². The molecule has 5 N–H and O–H groups in total. The fourth-order valence-electron chi connectivity index (χ4n) is 1.28. The highest BCUT2D eigenvalue weighted by Crippen LogP contribution is 2.19. The topological polar surface area (TPSA) is 99.7 Å². The Labute approximate surface area is 103 Å². The molecule has 0 aliphatic heterocycles. The lowest BCUT2D eigenvalue weighted by Crippen LogP contribution is -2.44. The fourth-order valence-corrected chi connectivity index (χ4v) is 1.28. The Morgan fingerprint density at radius 3 is 2.59 bits per heavy atom. The third-order valence-electron chi connectivity index (χ3n) is 2.75. The van der Waals surface area contributed by atoms with Gasteiger partial charge in [0.1, 0.15) is 5.84 Å². The van der Waals surface area contributed by atoms with E-state index in [1.165, 1.54) is 0 Å². The summed E-state index contributed by atoms with van der Waals surface area (Å²) in [5.74, 6) is 0.180. The third-order valence-corrected chi connectivity index (χ3v) is 2.75. The van der Waals surface area contributed by atoms with Gasteiger partial charge in [0.25, 0.3) is 0 Å². The van der Waals surface area contributed by atoms with Crippen LogP contribution in [0, 0.1) is 5.41 Å². The van der Waals surface area contributed by atoms with E-state index >= 15 is 0 Å². The van der Waals surface area contributed by atoms with Crippen LogP contribution in [-0.4, -0.2) is 36.1 Å². The molecule has 6 heteroatoms. The summed E-state index contributed by atoms with van der Waals surface area (Å²) < 4.78 is 0. The lowest BCUT2D eigenvalue weighted by molar-refractivity contribution is -0.122. The van der Waals surface area contributed by atoms with Crippen LogP contribution >= 0.6 is 0 Å². The first-order chi connectivity index (χ1) is 7.85. The van der Waals surface area contributed by atoms with Crippen molar-refractivity contribution in [1.82, 2.24) is 10.6 Å². The van der Waals surface area contributed by atoms with E-state index in [1.54, 1.807) is 0 Å². The average Bonchev–Trinajstić information content (AvgIpc) is 2.27. The minimum absolute atomic E-state index is 0.0193. The number of nitrogens with two attached hydrogens (primary N) is 1. The molecule has 0 aromatic rings. The maximum absolute atomic E-state index is 11.4. The molecule has 0 heterocycles. The zero-order valence-corrected chi connectivity index (χ0v) is 11.1. The molecule has 0 rings (SSSR count). The van der Waals surface area contributed by atoms with E-state index in [-0.39, 0.29) is 23.2 Å². The second-order valence-corrected chi connectivity index (χ2v) is 4.69. The molecule has 1 atom stereocenters. The maximum Gasteiger partial charge on any atom is 0.236 e. The van der Waals surface area contributed by atoms with Gasteiger partial charge < -0.3 is 21.6 Å². The van der Waals surface area contributed by atoms with E-state index in [9.17, 15) is 4.79 Å². The quantitative estimate of drug-likeness (QED) is 0.223. The molecule has 0 radical (unpaired) electrons. The predicted octanol–water partition coefficient (Wildman–Crippen LogP) is 0.263. The fraction of sp³-hybridized carbons (Fsp3) is 0.818. The molecule has 0 aliphatic rings. The van der Waals surface area contributed by atoms with Crippen molar-refractivity contribution in [3.05, 3.63) is 0 Å². The summed E-state index contributed by atoms with van der Waals surface area (Å²) in [7, 11) is 0. The van der Waals surface area contributed by atoms with Crippen LogP contribution in [0.3, 0.4) is 0 Å². The van der Waals surface area contributed by atoms with Crippen molar-refractivity contribution in [2.45, 2.75) is 40.2 Å². The number of nitrogens with zero attached hydrogens (tertiary/aromatic N) is 1. The molecule has 0 aromatic carbocycles. The van der Waals surface area contributed by atoms with E-state index in [0.717, 1.165) is 0 Å². The van der Waals surface area contributed by atoms with Gasteiger partial charge in [-0.3, -0.25) is 4.79 Å². The molecule has 6 nitrogen and oxygen atoms in total. The molecular formula is C11H24N4O2. The average molecular weight is 244 g/mol. The first-order valence-corrected chi connectivity index (χ1v) is 5.84. The van der Waals surface area contributed by atoms with Gasteiger partial charge in [0.05, 0.1) is 6.04 Å². The summed E-state index contributed by atoms with van der Waals surface area (Å²) in [4.78, 5) is 11.4. The monoisotopic (exact) mass is 244 g/mol. The summed E-state index contributed by atoms with van der Waals surface area (Å²) in [5, 5.41) is 17.5. The largest absolute Gasteiger partial charge is 0.409 e. The highest BCUT2D eigenvalue weighted by atomic mass is 16.4. The van der Waals surface area contributed by atoms with Crippen molar-refractivity contribution < 1.29 is 10.0 Å². The van der Waals surface area contributed by atoms with Crippen LogP contribution < -0.4 is 16.4 Å². The molecule has 1 unspecified atom stereocenters. The summed E-state index contributed by atoms with van der Waals surface area (Å²) in [6.07, 6.45) is 0.687. The van der Waals surface area contributed by atoms with Crippen molar-refractivity contribution in [3.63, 3.8) is 0 Å². The SMILES string of the molecule is CCNC(=O)C(C)NCCC(C)(C)C(N)=NO. The highest BCUT2D eigenvalue weighted by molar-refractivity contribution is 5.85. The Morgan fingerprint density at radius 2 is 2.12 bits per heavy atom. The van der Waals surface area contributed by atoms with Crippen molar-refractivity contribution in [1.29, 1.82) is 0 Å². The Hall–Kier alpha value is -1.30. The molecule has 0 saturated carbocycles. The van der Waals surface area contributed by atoms with E-state index in [0.29, 0.717) is 19.5 Å². The molecule has 0 aromatic heterocycles. The number of carbonyl (C=O) groups is 1. The molecule has 17 heavy (non-hydrogen) atoms.